The standard InChI is InChI=1S/C16H16ClFN2O/c17-13-8-7-12(18)10-15(13)20-16(21)14(19)9-6-11-4-2-1-3-5-11/h1-5,7-8,10,14H,6,9,19H2,(H,20,21). The first-order valence-corrected chi connectivity index (χ1v) is 6.99. The minimum Gasteiger partial charge on any atom is -0.323 e. The molecule has 0 bridgehead atoms. The second kappa shape index (κ2) is 7.20. The van der Waals surface area contributed by atoms with Crippen LogP contribution in [0.3, 0.4) is 0 Å². The third kappa shape index (κ3) is 4.55. The van der Waals surface area contributed by atoms with Gasteiger partial charge in [0.25, 0.3) is 0 Å². The Morgan fingerprint density at radius 3 is 2.67 bits per heavy atom. The van der Waals surface area contributed by atoms with Crippen molar-refractivity contribution in [2.75, 3.05) is 5.32 Å². The molecule has 2 rings (SSSR count). The van der Waals surface area contributed by atoms with Gasteiger partial charge in [-0.25, -0.2) is 4.39 Å². The lowest BCUT2D eigenvalue weighted by atomic mass is 10.1. The lowest BCUT2D eigenvalue weighted by Crippen LogP contribution is -2.36. The molecule has 0 saturated heterocycles. The zero-order chi connectivity index (χ0) is 15.2. The van der Waals surface area contributed by atoms with Gasteiger partial charge in [-0.3, -0.25) is 4.79 Å². The monoisotopic (exact) mass is 306 g/mol. The summed E-state index contributed by atoms with van der Waals surface area (Å²) in [5, 5.41) is 2.83. The summed E-state index contributed by atoms with van der Waals surface area (Å²) in [4.78, 5) is 12.0. The molecule has 1 atom stereocenters. The molecule has 2 aromatic rings. The van der Waals surface area contributed by atoms with Gasteiger partial charge in [0.05, 0.1) is 16.8 Å². The molecule has 1 unspecified atom stereocenters. The van der Waals surface area contributed by atoms with E-state index in [9.17, 15) is 9.18 Å². The van der Waals surface area contributed by atoms with Gasteiger partial charge in [0.1, 0.15) is 5.82 Å². The molecule has 3 nitrogen and oxygen atoms in total. The summed E-state index contributed by atoms with van der Waals surface area (Å²) in [5.74, 6) is -0.842. The maximum Gasteiger partial charge on any atom is 0.241 e. The molecular formula is C16H16ClFN2O. The van der Waals surface area contributed by atoms with Crippen LogP contribution in [-0.2, 0) is 11.2 Å². The largest absolute Gasteiger partial charge is 0.323 e. The number of benzene rings is 2. The summed E-state index contributed by atoms with van der Waals surface area (Å²) in [6.45, 7) is 0. The fourth-order valence-corrected chi connectivity index (χ4v) is 2.08. The molecule has 0 aliphatic heterocycles. The van der Waals surface area contributed by atoms with Crippen molar-refractivity contribution in [2.24, 2.45) is 5.73 Å². The summed E-state index contributed by atoms with van der Waals surface area (Å²) < 4.78 is 13.1. The van der Waals surface area contributed by atoms with Crippen LogP contribution in [0.2, 0.25) is 5.02 Å². The number of carbonyl (C=O) groups is 1. The van der Waals surface area contributed by atoms with Crippen molar-refractivity contribution in [3.8, 4) is 0 Å². The van der Waals surface area contributed by atoms with E-state index in [4.69, 9.17) is 17.3 Å². The van der Waals surface area contributed by atoms with Crippen molar-refractivity contribution in [2.45, 2.75) is 18.9 Å². The minimum atomic E-state index is -0.676. The van der Waals surface area contributed by atoms with E-state index in [0.29, 0.717) is 12.8 Å². The highest BCUT2D eigenvalue weighted by Gasteiger charge is 2.15. The Kier molecular flexibility index (Phi) is 5.31. The number of halogens is 2. The number of nitrogens with one attached hydrogen (secondary N) is 1. The van der Waals surface area contributed by atoms with Gasteiger partial charge in [0, 0.05) is 0 Å². The Labute approximate surface area is 127 Å². The second-order valence-electron chi connectivity index (χ2n) is 4.74. The van der Waals surface area contributed by atoms with Crippen LogP contribution in [0.1, 0.15) is 12.0 Å². The van der Waals surface area contributed by atoms with Crippen LogP contribution < -0.4 is 11.1 Å². The van der Waals surface area contributed by atoms with Crippen LogP contribution in [0.5, 0.6) is 0 Å². The van der Waals surface area contributed by atoms with Crippen LogP contribution >= 0.6 is 11.6 Å². The normalized spacial score (nSPS) is 12.0. The van der Waals surface area contributed by atoms with E-state index in [1.54, 1.807) is 0 Å². The van der Waals surface area contributed by atoms with Crippen molar-refractivity contribution >= 4 is 23.2 Å². The first kappa shape index (κ1) is 15.5. The fraction of sp³-hybridized carbons (Fsp3) is 0.188. The summed E-state index contributed by atoms with van der Waals surface area (Å²) >= 11 is 5.90. The van der Waals surface area contributed by atoms with Crippen molar-refractivity contribution in [3.63, 3.8) is 0 Å². The Morgan fingerprint density at radius 2 is 1.95 bits per heavy atom. The average molecular weight is 307 g/mol. The van der Waals surface area contributed by atoms with Crippen molar-refractivity contribution in [1.82, 2.24) is 0 Å². The van der Waals surface area contributed by atoms with Crippen LogP contribution in [0, 0.1) is 5.82 Å². The predicted octanol–water partition coefficient (Wildman–Crippen LogP) is 3.38. The number of rotatable bonds is 5. The molecule has 110 valence electrons. The number of nitrogens with two attached hydrogens (primary N) is 1. The lowest BCUT2D eigenvalue weighted by Gasteiger charge is -2.13. The number of hydrogen-bond donors (Lipinski definition) is 2. The van der Waals surface area contributed by atoms with Crippen LogP contribution in [-0.4, -0.2) is 11.9 Å². The number of hydrogen-bond acceptors (Lipinski definition) is 2. The SMILES string of the molecule is NC(CCc1ccccc1)C(=O)Nc1cc(F)ccc1Cl. The van der Waals surface area contributed by atoms with E-state index >= 15 is 0 Å². The maximum atomic E-state index is 13.1. The van der Waals surface area contributed by atoms with Crippen molar-refractivity contribution < 1.29 is 9.18 Å². The molecule has 2 aromatic carbocycles. The van der Waals surface area contributed by atoms with Gasteiger partial charge in [-0.1, -0.05) is 41.9 Å². The molecule has 0 aromatic heterocycles. The molecular weight excluding hydrogens is 291 g/mol. The van der Waals surface area contributed by atoms with Gasteiger partial charge in [0.15, 0.2) is 0 Å². The molecule has 0 radical (unpaired) electrons. The van der Waals surface area contributed by atoms with E-state index in [-0.39, 0.29) is 16.6 Å². The second-order valence-corrected chi connectivity index (χ2v) is 5.15. The first-order chi connectivity index (χ1) is 10.1. The van der Waals surface area contributed by atoms with E-state index in [2.05, 4.69) is 5.32 Å². The third-order valence-corrected chi connectivity index (χ3v) is 3.44. The Balaban J connectivity index is 1.92. The van der Waals surface area contributed by atoms with Gasteiger partial charge >= 0.3 is 0 Å². The molecule has 0 aliphatic rings. The molecule has 0 saturated carbocycles. The highest BCUT2D eigenvalue weighted by Crippen LogP contribution is 2.22. The van der Waals surface area contributed by atoms with Crippen molar-refractivity contribution in [1.29, 1.82) is 0 Å². The highest BCUT2D eigenvalue weighted by atomic mass is 35.5. The van der Waals surface area contributed by atoms with Crippen molar-refractivity contribution in [3.05, 3.63) is 64.9 Å². The van der Waals surface area contributed by atoms with Gasteiger partial charge in [0.2, 0.25) is 5.91 Å². The Bertz CT molecular complexity index is 619. The van der Waals surface area contributed by atoms with Crippen LogP contribution in [0.15, 0.2) is 48.5 Å². The third-order valence-electron chi connectivity index (χ3n) is 3.11. The molecule has 0 fully saturated rings. The molecule has 1 amide bonds. The van der Waals surface area contributed by atoms with Gasteiger partial charge in [-0.05, 0) is 36.6 Å². The van der Waals surface area contributed by atoms with E-state index in [1.165, 1.54) is 18.2 Å². The summed E-state index contributed by atoms with van der Waals surface area (Å²) in [7, 11) is 0. The molecule has 0 aliphatic carbocycles. The topological polar surface area (TPSA) is 55.1 Å². The lowest BCUT2D eigenvalue weighted by molar-refractivity contribution is -0.117. The zero-order valence-electron chi connectivity index (χ0n) is 11.4. The van der Waals surface area contributed by atoms with Gasteiger partial charge < -0.3 is 11.1 Å². The average Bonchev–Trinajstić information content (AvgIpc) is 2.49. The number of carbonyl (C=O) groups excluding carboxylic acids is 1. The van der Waals surface area contributed by atoms with E-state index in [1.807, 2.05) is 30.3 Å². The Morgan fingerprint density at radius 1 is 1.24 bits per heavy atom. The van der Waals surface area contributed by atoms with E-state index < -0.39 is 11.9 Å². The zero-order valence-corrected chi connectivity index (χ0v) is 12.1. The molecule has 0 spiro atoms. The summed E-state index contributed by atoms with van der Waals surface area (Å²) in [6.07, 6.45) is 1.20. The maximum absolute atomic E-state index is 13.1. The fourth-order valence-electron chi connectivity index (χ4n) is 1.92. The first-order valence-electron chi connectivity index (χ1n) is 6.61. The summed E-state index contributed by atoms with van der Waals surface area (Å²) in [6, 6.07) is 12.9. The quantitative estimate of drug-likeness (QED) is 0.890. The van der Waals surface area contributed by atoms with Gasteiger partial charge in [-0.15, -0.1) is 0 Å². The Hall–Kier alpha value is -1.91. The minimum absolute atomic E-state index is 0.233. The number of aryl methyl sites for hydroxylation is 1. The number of amides is 1. The molecule has 21 heavy (non-hydrogen) atoms. The smallest absolute Gasteiger partial charge is 0.241 e. The van der Waals surface area contributed by atoms with Crippen LogP contribution in [0.25, 0.3) is 0 Å². The highest BCUT2D eigenvalue weighted by molar-refractivity contribution is 6.33. The van der Waals surface area contributed by atoms with Gasteiger partial charge in [-0.2, -0.15) is 0 Å². The van der Waals surface area contributed by atoms with Crippen LogP contribution in [0.4, 0.5) is 10.1 Å². The molecule has 3 N–H and O–H groups in total. The summed E-state index contributed by atoms with van der Waals surface area (Å²) in [5.41, 5.74) is 7.20. The predicted molar refractivity (Wildman–Crippen MR) is 82.8 cm³/mol. The number of anilines is 1. The van der Waals surface area contributed by atoms with E-state index in [0.717, 1.165) is 5.56 Å². The molecule has 5 heteroatoms. The molecule has 0 heterocycles.